The minimum absolute atomic E-state index is 0.0269. The van der Waals surface area contributed by atoms with Crippen LogP contribution in [0.25, 0.3) is 0 Å². The van der Waals surface area contributed by atoms with Gasteiger partial charge in [-0.15, -0.1) is 0 Å². The van der Waals surface area contributed by atoms with Crippen LogP contribution >= 0.6 is 0 Å². The van der Waals surface area contributed by atoms with E-state index in [0.717, 1.165) is 18.6 Å². The molecular formula is C21H24FNO3. The molecule has 0 aliphatic carbocycles. The zero-order valence-electron chi connectivity index (χ0n) is 14.8. The number of hydrogen-bond donors (Lipinski definition) is 0. The first-order valence-electron chi connectivity index (χ1n) is 9.03. The number of hydrogen-bond acceptors (Lipinski definition) is 3. The first kappa shape index (κ1) is 18.4. The Bertz CT molecular complexity index is 699. The molecule has 2 aromatic rings. The molecule has 0 N–H and O–H groups in total. The van der Waals surface area contributed by atoms with E-state index >= 15 is 0 Å². The van der Waals surface area contributed by atoms with E-state index in [1.165, 1.54) is 6.07 Å². The molecule has 0 aromatic heterocycles. The second-order valence-electron chi connectivity index (χ2n) is 6.38. The van der Waals surface area contributed by atoms with Gasteiger partial charge in [-0.1, -0.05) is 36.4 Å². The Kier molecular flexibility index (Phi) is 6.61. The summed E-state index contributed by atoms with van der Waals surface area (Å²) >= 11 is 0. The summed E-state index contributed by atoms with van der Waals surface area (Å²) in [6, 6.07) is 16.1. The summed E-state index contributed by atoms with van der Waals surface area (Å²) in [5.41, 5.74) is 0.453. The fourth-order valence-corrected chi connectivity index (χ4v) is 3.08. The minimum Gasteiger partial charge on any atom is -0.491 e. The van der Waals surface area contributed by atoms with Gasteiger partial charge < -0.3 is 14.4 Å². The number of likely N-dealkylation sites (tertiary alicyclic amines) is 1. The second-order valence-corrected chi connectivity index (χ2v) is 6.38. The lowest BCUT2D eigenvalue weighted by Gasteiger charge is -2.32. The number of carbonyl (C=O) groups excluding carboxylic acids is 1. The summed E-state index contributed by atoms with van der Waals surface area (Å²) in [6.45, 7) is 2.34. The zero-order valence-corrected chi connectivity index (χ0v) is 14.8. The van der Waals surface area contributed by atoms with E-state index in [2.05, 4.69) is 0 Å². The largest absolute Gasteiger partial charge is 0.491 e. The number of halogens is 1. The molecule has 0 spiro atoms. The Morgan fingerprint density at radius 3 is 2.42 bits per heavy atom. The predicted octanol–water partition coefficient (Wildman–Crippen LogP) is 3.45. The average Bonchev–Trinajstić information content (AvgIpc) is 2.68. The molecule has 138 valence electrons. The molecule has 0 radical (unpaired) electrons. The van der Waals surface area contributed by atoms with Gasteiger partial charge in [-0.25, -0.2) is 4.39 Å². The molecule has 0 unspecified atom stereocenters. The number of rotatable bonds is 7. The van der Waals surface area contributed by atoms with E-state index in [0.29, 0.717) is 31.9 Å². The van der Waals surface area contributed by atoms with Crippen LogP contribution in [0.4, 0.5) is 4.39 Å². The Morgan fingerprint density at radius 2 is 1.69 bits per heavy atom. The highest BCUT2D eigenvalue weighted by Crippen LogP contribution is 2.16. The Balaban J connectivity index is 1.35. The van der Waals surface area contributed by atoms with Crippen molar-refractivity contribution >= 4 is 5.91 Å². The zero-order chi connectivity index (χ0) is 18.2. The number of amides is 1. The van der Waals surface area contributed by atoms with Gasteiger partial charge in [0.15, 0.2) is 0 Å². The molecule has 26 heavy (non-hydrogen) atoms. The minimum atomic E-state index is -0.322. The summed E-state index contributed by atoms with van der Waals surface area (Å²) < 4.78 is 25.1. The van der Waals surface area contributed by atoms with E-state index in [1.807, 2.05) is 30.3 Å². The highest BCUT2D eigenvalue weighted by Gasteiger charge is 2.23. The second kappa shape index (κ2) is 9.34. The Morgan fingerprint density at radius 1 is 1.00 bits per heavy atom. The molecule has 3 rings (SSSR count). The van der Waals surface area contributed by atoms with Crippen molar-refractivity contribution in [3.63, 3.8) is 0 Å². The molecule has 0 bridgehead atoms. The molecule has 1 heterocycles. The van der Waals surface area contributed by atoms with Crippen molar-refractivity contribution in [3.8, 4) is 5.75 Å². The Hall–Kier alpha value is -2.40. The molecule has 0 atom stereocenters. The third-order valence-electron chi connectivity index (χ3n) is 4.54. The smallest absolute Gasteiger partial charge is 0.227 e. The molecule has 0 saturated carbocycles. The fourth-order valence-electron chi connectivity index (χ4n) is 3.08. The summed E-state index contributed by atoms with van der Waals surface area (Å²) in [5.74, 6) is 0.489. The van der Waals surface area contributed by atoms with Gasteiger partial charge in [0.05, 0.1) is 19.1 Å². The summed E-state index contributed by atoms with van der Waals surface area (Å²) in [4.78, 5) is 14.1. The van der Waals surface area contributed by atoms with Gasteiger partial charge in [0.25, 0.3) is 0 Å². The van der Waals surface area contributed by atoms with Crippen molar-refractivity contribution in [3.05, 3.63) is 66.0 Å². The van der Waals surface area contributed by atoms with Crippen LogP contribution < -0.4 is 4.74 Å². The van der Waals surface area contributed by atoms with E-state index < -0.39 is 0 Å². The third kappa shape index (κ3) is 5.30. The van der Waals surface area contributed by atoms with E-state index in [1.54, 1.807) is 23.1 Å². The Labute approximate surface area is 153 Å². The van der Waals surface area contributed by atoms with Crippen LogP contribution in [0.2, 0.25) is 0 Å². The molecule has 1 aliphatic rings. The molecule has 5 heteroatoms. The van der Waals surface area contributed by atoms with Crippen LogP contribution in [0.15, 0.2) is 54.6 Å². The number of para-hydroxylation sites is 1. The SMILES string of the molecule is O=C(Cc1ccccc1F)N1CCC(OCCOc2ccccc2)CC1. The predicted molar refractivity (Wildman–Crippen MR) is 97.6 cm³/mol. The highest BCUT2D eigenvalue weighted by molar-refractivity contribution is 5.78. The lowest BCUT2D eigenvalue weighted by Crippen LogP contribution is -2.41. The molecule has 2 aromatic carbocycles. The van der Waals surface area contributed by atoms with Crippen molar-refractivity contribution in [2.75, 3.05) is 26.3 Å². The first-order chi connectivity index (χ1) is 12.7. The average molecular weight is 357 g/mol. The molecule has 1 saturated heterocycles. The van der Waals surface area contributed by atoms with E-state index in [9.17, 15) is 9.18 Å². The first-order valence-corrected chi connectivity index (χ1v) is 9.03. The third-order valence-corrected chi connectivity index (χ3v) is 4.54. The van der Waals surface area contributed by atoms with Gasteiger partial charge in [0, 0.05) is 13.1 Å². The quantitative estimate of drug-likeness (QED) is 0.713. The van der Waals surface area contributed by atoms with Gasteiger partial charge in [0.2, 0.25) is 5.91 Å². The van der Waals surface area contributed by atoms with Crippen LogP contribution in [0.5, 0.6) is 5.75 Å². The molecule has 1 fully saturated rings. The normalized spacial score (nSPS) is 15.0. The van der Waals surface area contributed by atoms with Crippen molar-refractivity contribution < 1.29 is 18.7 Å². The number of ether oxygens (including phenoxy) is 2. The lowest BCUT2D eigenvalue weighted by molar-refractivity contribution is -0.133. The van der Waals surface area contributed by atoms with Crippen LogP contribution in [0.3, 0.4) is 0 Å². The number of carbonyl (C=O) groups is 1. The molecular weight excluding hydrogens is 333 g/mol. The van der Waals surface area contributed by atoms with Crippen LogP contribution in [0, 0.1) is 5.82 Å². The highest BCUT2D eigenvalue weighted by atomic mass is 19.1. The van der Waals surface area contributed by atoms with E-state index in [-0.39, 0.29) is 24.2 Å². The molecule has 4 nitrogen and oxygen atoms in total. The van der Waals surface area contributed by atoms with Gasteiger partial charge in [0.1, 0.15) is 18.2 Å². The molecule has 1 aliphatic heterocycles. The van der Waals surface area contributed by atoms with Crippen LogP contribution in [-0.4, -0.2) is 43.2 Å². The summed E-state index contributed by atoms with van der Waals surface area (Å²) in [6.07, 6.45) is 1.86. The van der Waals surface area contributed by atoms with Crippen molar-refractivity contribution in [2.24, 2.45) is 0 Å². The van der Waals surface area contributed by atoms with Crippen molar-refractivity contribution in [1.82, 2.24) is 4.90 Å². The number of benzene rings is 2. The van der Waals surface area contributed by atoms with E-state index in [4.69, 9.17) is 9.47 Å². The van der Waals surface area contributed by atoms with Gasteiger partial charge in [-0.2, -0.15) is 0 Å². The maximum Gasteiger partial charge on any atom is 0.227 e. The monoisotopic (exact) mass is 357 g/mol. The lowest BCUT2D eigenvalue weighted by atomic mass is 10.1. The summed E-state index contributed by atoms with van der Waals surface area (Å²) in [5, 5.41) is 0. The summed E-state index contributed by atoms with van der Waals surface area (Å²) in [7, 11) is 0. The standard InChI is InChI=1S/C21H24FNO3/c22-20-9-5-4-6-17(20)16-21(24)23-12-10-19(11-13-23)26-15-14-25-18-7-2-1-3-8-18/h1-9,19H,10-16H2. The topological polar surface area (TPSA) is 38.8 Å². The number of nitrogens with zero attached hydrogens (tertiary/aromatic N) is 1. The maximum atomic E-state index is 13.7. The molecule has 1 amide bonds. The van der Waals surface area contributed by atoms with Crippen LogP contribution in [-0.2, 0) is 16.0 Å². The van der Waals surface area contributed by atoms with Crippen molar-refractivity contribution in [1.29, 1.82) is 0 Å². The van der Waals surface area contributed by atoms with Gasteiger partial charge in [-0.3, -0.25) is 4.79 Å². The van der Waals surface area contributed by atoms with Gasteiger partial charge in [-0.05, 0) is 36.6 Å². The fraction of sp³-hybridized carbons (Fsp3) is 0.381. The van der Waals surface area contributed by atoms with Crippen molar-refractivity contribution in [2.45, 2.75) is 25.4 Å². The maximum absolute atomic E-state index is 13.7. The van der Waals surface area contributed by atoms with Gasteiger partial charge >= 0.3 is 0 Å². The van der Waals surface area contributed by atoms with Crippen LogP contribution in [0.1, 0.15) is 18.4 Å². The number of piperidine rings is 1.